The van der Waals surface area contributed by atoms with Gasteiger partial charge in [0.1, 0.15) is 0 Å². The molecular formula is C17H11FN2O4. The molecule has 0 unspecified atom stereocenters. The van der Waals surface area contributed by atoms with Gasteiger partial charge in [-0.3, -0.25) is 14.9 Å². The van der Waals surface area contributed by atoms with Gasteiger partial charge in [0, 0.05) is 11.1 Å². The van der Waals surface area contributed by atoms with Crippen molar-refractivity contribution in [1.82, 2.24) is 4.98 Å². The summed E-state index contributed by atoms with van der Waals surface area (Å²) < 4.78 is 18.9. The van der Waals surface area contributed by atoms with E-state index in [0.717, 1.165) is 17.7 Å². The summed E-state index contributed by atoms with van der Waals surface area (Å²) in [6, 6.07) is 11.0. The number of hydrogen-bond acceptors (Lipinski definition) is 5. The summed E-state index contributed by atoms with van der Waals surface area (Å²) >= 11 is 0. The van der Waals surface area contributed by atoms with E-state index in [1.54, 1.807) is 0 Å². The molecule has 6 nitrogen and oxygen atoms in total. The van der Waals surface area contributed by atoms with Crippen molar-refractivity contribution in [2.24, 2.45) is 0 Å². The smallest absolute Gasteiger partial charge is 0.302 e. The molecule has 3 rings (SSSR count). The number of phenols is 1. The van der Waals surface area contributed by atoms with Gasteiger partial charge in [-0.25, -0.2) is 9.37 Å². The highest BCUT2D eigenvalue weighted by atomic mass is 19.1. The predicted molar refractivity (Wildman–Crippen MR) is 83.3 cm³/mol. The maximum absolute atomic E-state index is 13.5. The molecule has 1 heterocycles. The standard InChI is InChI=1S/C17H11FN2O4/c18-13-7-11(6-12(9-21)15(13)22)16(23)20-17-19-8-14(24-17)10-4-2-1-3-5-10/h1-9,22H,(H,19,20,23). The molecule has 0 aliphatic carbocycles. The Morgan fingerprint density at radius 1 is 1.25 bits per heavy atom. The molecule has 0 saturated heterocycles. The monoisotopic (exact) mass is 326 g/mol. The zero-order chi connectivity index (χ0) is 17.1. The van der Waals surface area contributed by atoms with Crippen molar-refractivity contribution >= 4 is 18.2 Å². The fraction of sp³-hybridized carbons (Fsp3) is 0. The molecular weight excluding hydrogens is 315 g/mol. The molecule has 0 saturated carbocycles. The van der Waals surface area contributed by atoms with Gasteiger partial charge in [-0.05, 0) is 12.1 Å². The molecule has 0 radical (unpaired) electrons. The number of hydrogen-bond donors (Lipinski definition) is 2. The number of aromatic hydroxyl groups is 1. The van der Waals surface area contributed by atoms with Crippen molar-refractivity contribution in [1.29, 1.82) is 0 Å². The molecule has 1 amide bonds. The number of phenolic OH excluding ortho intramolecular Hbond substituents is 1. The number of nitrogens with one attached hydrogen (secondary N) is 1. The number of halogens is 1. The SMILES string of the molecule is O=Cc1cc(C(=O)Nc2ncc(-c3ccccc3)o2)cc(F)c1O. The highest BCUT2D eigenvalue weighted by Crippen LogP contribution is 2.24. The van der Waals surface area contributed by atoms with E-state index in [1.807, 2.05) is 30.3 Å². The first-order valence-electron chi connectivity index (χ1n) is 6.89. The van der Waals surface area contributed by atoms with Crippen LogP contribution in [-0.4, -0.2) is 22.3 Å². The van der Waals surface area contributed by atoms with Crippen LogP contribution in [0.4, 0.5) is 10.4 Å². The highest BCUT2D eigenvalue weighted by Gasteiger charge is 2.16. The molecule has 0 aliphatic heterocycles. The zero-order valence-corrected chi connectivity index (χ0v) is 12.2. The van der Waals surface area contributed by atoms with Crippen molar-refractivity contribution in [2.45, 2.75) is 0 Å². The van der Waals surface area contributed by atoms with Gasteiger partial charge in [0.15, 0.2) is 23.6 Å². The Morgan fingerprint density at radius 2 is 2.00 bits per heavy atom. The predicted octanol–water partition coefficient (Wildman–Crippen LogP) is 3.25. The van der Waals surface area contributed by atoms with Crippen LogP contribution in [0.25, 0.3) is 11.3 Å². The Hall–Kier alpha value is -3.48. The maximum atomic E-state index is 13.5. The number of carbonyl (C=O) groups is 2. The van der Waals surface area contributed by atoms with E-state index in [-0.39, 0.29) is 23.4 Å². The number of nitrogens with zero attached hydrogens (tertiary/aromatic N) is 1. The fourth-order valence-corrected chi connectivity index (χ4v) is 2.08. The molecule has 2 N–H and O–H groups in total. The van der Waals surface area contributed by atoms with Crippen LogP contribution in [0.2, 0.25) is 0 Å². The first kappa shape index (κ1) is 15.4. The number of carbonyl (C=O) groups excluding carboxylic acids is 2. The van der Waals surface area contributed by atoms with Gasteiger partial charge < -0.3 is 9.52 Å². The molecule has 3 aromatic rings. The highest BCUT2D eigenvalue weighted by molar-refractivity contribution is 6.04. The van der Waals surface area contributed by atoms with E-state index in [1.165, 1.54) is 6.20 Å². The van der Waals surface area contributed by atoms with Gasteiger partial charge in [-0.1, -0.05) is 30.3 Å². The van der Waals surface area contributed by atoms with Gasteiger partial charge in [-0.2, -0.15) is 0 Å². The molecule has 0 bridgehead atoms. The summed E-state index contributed by atoms with van der Waals surface area (Å²) in [5.74, 6) is -2.14. The second-order valence-electron chi connectivity index (χ2n) is 4.86. The van der Waals surface area contributed by atoms with Gasteiger partial charge in [0.05, 0.1) is 11.8 Å². The van der Waals surface area contributed by atoms with Crippen LogP contribution in [0.1, 0.15) is 20.7 Å². The third-order valence-electron chi connectivity index (χ3n) is 3.27. The normalized spacial score (nSPS) is 10.4. The summed E-state index contributed by atoms with van der Waals surface area (Å²) in [5.41, 5.74) is 0.314. The third-order valence-corrected chi connectivity index (χ3v) is 3.27. The lowest BCUT2D eigenvalue weighted by Gasteiger charge is -2.04. The number of rotatable bonds is 4. The minimum Gasteiger partial charge on any atom is -0.504 e. The average Bonchev–Trinajstić information content (AvgIpc) is 3.06. The quantitative estimate of drug-likeness (QED) is 0.718. The van der Waals surface area contributed by atoms with Crippen LogP contribution in [0.5, 0.6) is 5.75 Å². The molecule has 0 fully saturated rings. The number of aromatic nitrogens is 1. The Balaban J connectivity index is 1.82. The van der Waals surface area contributed by atoms with Crippen LogP contribution in [0.15, 0.2) is 53.1 Å². The van der Waals surface area contributed by atoms with E-state index >= 15 is 0 Å². The van der Waals surface area contributed by atoms with Gasteiger partial charge in [-0.15, -0.1) is 0 Å². The lowest BCUT2D eigenvalue weighted by Crippen LogP contribution is -2.13. The fourth-order valence-electron chi connectivity index (χ4n) is 2.08. The van der Waals surface area contributed by atoms with Crippen LogP contribution < -0.4 is 5.32 Å². The van der Waals surface area contributed by atoms with Gasteiger partial charge in [0.2, 0.25) is 0 Å². The van der Waals surface area contributed by atoms with Crippen molar-refractivity contribution in [2.75, 3.05) is 5.32 Å². The Kier molecular flexibility index (Phi) is 4.07. The summed E-state index contributed by atoms with van der Waals surface area (Å²) in [6.07, 6.45) is 1.70. The van der Waals surface area contributed by atoms with Crippen molar-refractivity contribution in [3.05, 3.63) is 65.6 Å². The van der Waals surface area contributed by atoms with E-state index in [4.69, 9.17) is 4.42 Å². The lowest BCUT2D eigenvalue weighted by molar-refractivity contribution is 0.102. The first-order valence-corrected chi connectivity index (χ1v) is 6.89. The lowest BCUT2D eigenvalue weighted by atomic mass is 10.1. The number of benzene rings is 2. The Morgan fingerprint density at radius 3 is 2.71 bits per heavy atom. The second-order valence-corrected chi connectivity index (χ2v) is 4.86. The van der Waals surface area contributed by atoms with Crippen LogP contribution >= 0.6 is 0 Å². The molecule has 1 aromatic heterocycles. The first-order chi connectivity index (χ1) is 11.6. The Bertz CT molecular complexity index is 906. The zero-order valence-electron chi connectivity index (χ0n) is 12.2. The van der Waals surface area contributed by atoms with Crippen LogP contribution in [0.3, 0.4) is 0 Å². The second kappa shape index (κ2) is 6.33. The molecule has 0 aliphatic rings. The minimum atomic E-state index is -1.07. The average molecular weight is 326 g/mol. The largest absolute Gasteiger partial charge is 0.504 e. The summed E-state index contributed by atoms with van der Waals surface area (Å²) in [4.78, 5) is 26.8. The van der Waals surface area contributed by atoms with Gasteiger partial charge >= 0.3 is 6.01 Å². The molecule has 120 valence electrons. The minimum absolute atomic E-state index is 0.0695. The van der Waals surface area contributed by atoms with E-state index in [2.05, 4.69) is 10.3 Å². The van der Waals surface area contributed by atoms with Crippen LogP contribution in [0, 0.1) is 5.82 Å². The molecule has 0 spiro atoms. The third kappa shape index (κ3) is 3.00. The molecule has 7 heteroatoms. The molecule has 24 heavy (non-hydrogen) atoms. The number of amides is 1. The molecule has 2 aromatic carbocycles. The van der Waals surface area contributed by atoms with Crippen molar-refractivity contribution in [3.63, 3.8) is 0 Å². The Labute approximate surface area is 135 Å². The topological polar surface area (TPSA) is 92.4 Å². The van der Waals surface area contributed by atoms with E-state index in [0.29, 0.717) is 5.76 Å². The number of oxazole rings is 1. The van der Waals surface area contributed by atoms with Crippen LogP contribution in [-0.2, 0) is 0 Å². The van der Waals surface area contributed by atoms with Crippen molar-refractivity contribution in [3.8, 4) is 17.1 Å². The number of aldehydes is 1. The van der Waals surface area contributed by atoms with Crippen molar-refractivity contribution < 1.29 is 23.5 Å². The summed E-state index contributed by atoms with van der Waals surface area (Å²) in [6.45, 7) is 0. The summed E-state index contributed by atoms with van der Waals surface area (Å²) in [5, 5.41) is 11.7. The number of anilines is 1. The summed E-state index contributed by atoms with van der Waals surface area (Å²) in [7, 11) is 0. The van der Waals surface area contributed by atoms with E-state index in [9.17, 15) is 19.1 Å². The maximum Gasteiger partial charge on any atom is 0.302 e. The molecule has 0 atom stereocenters. The van der Waals surface area contributed by atoms with E-state index < -0.39 is 17.5 Å². The van der Waals surface area contributed by atoms with Gasteiger partial charge in [0.25, 0.3) is 5.91 Å².